The Balaban J connectivity index is 1.62. The predicted molar refractivity (Wildman–Crippen MR) is 120 cm³/mol. The fourth-order valence-electron chi connectivity index (χ4n) is 2.65. The number of carbonyl (C=O) groups is 3. The van der Waals surface area contributed by atoms with Gasteiger partial charge in [-0.15, -0.1) is 11.8 Å². The number of amides is 1. The molecule has 0 saturated carbocycles. The number of thioether (sulfide) groups is 1. The van der Waals surface area contributed by atoms with E-state index in [1.165, 1.54) is 6.92 Å². The van der Waals surface area contributed by atoms with E-state index in [0.717, 1.165) is 29.1 Å². The molecule has 2 aromatic rings. The molecule has 0 spiro atoms. The SMILES string of the molecule is CC(=O)NCCCc1ccc(C(=O)COC(=O)CCCSc2ccc(Cl)cc2)cc1. The van der Waals surface area contributed by atoms with Crippen molar-refractivity contribution < 1.29 is 19.1 Å². The minimum absolute atomic E-state index is 0.0363. The molecule has 0 radical (unpaired) electrons. The fraction of sp³-hybridized carbons (Fsp3) is 0.348. The summed E-state index contributed by atoms with van der Waals surface area (Å²) in [6, 6.07) is 14.8. The number of ether oxygens (including phenoxy) is 1. The standard InChI is InChI=1S/C23H26ClNO4S/c1-17(26)25-14-2-4-18-6-8-19(9-7-18)22(27)16-29-23(28)5-3-15-30-21-12-10-20(24)11-13-21/h6-13H,2-5,14-16H2,1H3,(H,25,26). The minimum atomic E-state index is -0.366. The van der Waals surface area contributed by atoms with Gasteiger partial charge in [0, 0.05) is 35.4 Å². The third kappa shape index (κ3) is 9.46. The molecule has 30 heavy (non-hydrogen) atoms. The van der Waals surface area contributed by atoms with Crippen LogP contribution < -0.4 is 5.32 Å². The lowest BCUT2D eigenvalue weighted by Crippen LogP contribution is -2.21. The fourth-order valence-corrected chi connectivity index (χ4v) is 3.63. The van der Waals surface area contributed by atoms with Crippen molar-refractivity contribution in [2.24, 2.45) is 0 Å². The summed E-state index contributed by atoms with van der Waals surface area (Å²) in [6.45, 7) is 1.88. The maximum Gasteiger partial charge on any atom is 0.306 e. The highest BCUT2D eigenvalue weighted by Crippen LogP contribution is 2.21. The van der Waals surface area contributed by atoms with Gasteiger partial charge in [-0.05, 0) is 54.8 Å². The molecule has 0 saturated heterocycles. The van der Waals surface area contributed by atoms with E-state index in [1.54, 1.807) is 23.9 Å². The summed E-state index contributed by atoms with van der Waals surface area (Å²) in [4.78, 5) is 36.0. The van der Waals surface area contributed by atoms with Gasteiger partial charge in [-0.3, -0.25) is 14.4 Å². The molecular formula is C23H26ClNO4S. The van der Waals surface area contributed by atoms with E-state index >= 15 is 0 Å². The van der Waals surface area contributed by atoms with Crippen molar-refractivity contribution in [3.05, 3.63) is 64.7 Å². The Bertz CT molecular complexity index is 837. The van der Waals surface area contributed by atoms with Gasteiger partial charge in [0.2, 0.25) is 5.91 Å². The number of halogens is 1. The van der Waals surface area contributed by atoms with Crippen LogP contribution in [0.25, 0.3) is 0 Å². The smallest absolute Gasteiger partial charge is 0.306 e. The number of benzene rings is 2. The zero-order chi connectivity index (χ0) is 21.8. The Labute approximate surface area is 186 Å². The van der Waals surface area contributed by atoms with E-state index in [9.17, 15) is 14.4 Å². The normalized spacial score (nSPS) is 10.5. The van der Waals surface area contributed by atoms with Crippen LogP contribution in [-0.2, 0) is 20.7 Å². The first kappa shape index (κ1) is 24.0. The summed E-state index contributed by atoms with van der Waals surface area (Å²) >= 11 is 7.50. The third-order valence-electron chi connectivity index (χ3n) is 4.26. The van der Waals surface area contributed by atoms with E-state index in [1.807, 2.05) is 36.4 Å². The van der Waals surface area contributed by atoms with Crippen molar-refractivity contribution in [1.29, 1.82) is 0 Å². The average Bonchev–Trinajstić information content (AvgIpc) is 2.74. The van der Waals surface area contributed by atoms with Crippen molar-refractivity contribution in [3.63, 3.8) is 0 Å². The second-order valence-corrected chi connectivity index (χ2v) is 8.38. The number of Topliss-reactive ketones (excluding diaryl/α,β-unsaturated/α-hetero) is 1. The van der Waals surface area contributed by atoms with Crippen molar-refractivity contribution in [3.8, 4) is 0 Å². The lowest BCUT2D eigenvalue weighted by molar-refractivity contribution is -0.142. The highest BCUT2D eigenvalue weighted by atomic mass is 35.5. The second-order valence-electron chi connectivity index (χ2n) is 6.77. The Morgan fingerprint density at radius 3 is 2.37 bits per heavy atom. The molecule has 0 aliphatic heterocycles. The minimum Gasteiger partial charge on any atom is -0.457 e. The van der Waals surface area contributed by atoms with Crippen molar-refractivity contribution in [2.75, 3.05) is 18.9 Å². The maximum absolute atomic E-state index is 12.2. The van der Waals surface area contributed by atoms with Crippen LogP contribution in [0.2, 0.25) is 5.02 Å². The largest absolute Gasteiger partial charge is 0.457 e. The summed E-state index contributed by atoms with van der Waals surface area (Å²) in [5, 5.41) is 3.45. The van der Waals surface area contributed by atoms with Crippen LogP contribution in [0.5, 0.6) is 0 Å². The maximum atomic E-state index is 12.2. The summed E-state index contributed by atoms with van der Waals surface area (Å²) in [6.07, 6.45) is 2.60. The summed E-state index contributed by atoms with van der Waals surface area (Å²) < 4.78 is 5.10. The van der Waals surface area contributed by atoms with Crippen LogP contribution in [0.1, 0.15) is 42.1 Å². The van der Waals surface area contributed by atoms with Crippen molar-refractivity contribution in [1.82, 2.24) is 5.32 Å². The van der Waals surface area contributed by atoms with Gasteiger partial charge in [0.15, 0.2) is 12.4 Å². The second kappa shape index (κ2) is 13.1. The first-order chi connectivity index (χ1) is 14.4. The van der Waals surface area contributed by atoms with Gasteiger partial charge in [0.1, 0.15) is 0 Å². The molecule has 5 nitrogen and oxygen atoms in total. The van der Waals surface area contributed by atoms with Gasteiger partial charge < -0.3 is 10.1 Å². The molecule has 2 rings (SSSR count). The van der Waals surface area contributed by atoms with Crippen LogP contribution in [0.15, 0.2) is 53.4 Å². The lowest BCUT2D eigenvalue weighted by atomic mass is 10.1. The average molecular weight is 448 g/mol. The number of carbonyl (C=O) groups excluding carboxylic acids is 3. The molecule has 0 unspecified atom stereocenters. The topological polar surface area (TPSA) is 72.5 Å². The highest BCUT2D eigenvalue weighted by Gasteiger charge is 2.10. The van der Waals surface area contributed by atoms with Gasteiger partial charge >= 0.3 is 5.97 Å². The Hall–Kier alpha value is -2.31. The van der Waals surface area contributed by atoms with E-state index in [0.29, 0.717) is 23.6 Å². The first-order valence-corrected chi connectivity index (χ1v) is 11.2. The van der Waals surface area contributed by atoms with Gasteiger partial charge in [0.05, 0.1) is 0 Å². The molecule has 2 aromatic carbocycles. The molecule has 0 aromatic heterocycles. The predicted octanol–water partition coefficient (Wildman–Crippen LogP) is 4.71. The molecule has 0 fully saturated rings. The van der Waals surface area contributed by atoms with Crippen LogP contribution in [-0.4, -0.2) is 36.6 Å². The Kier molecular flexibility index (Phi) is 10.5. The number of nitrogens with one attached hydrogen (secondary N) is 1. The number of hydrogen-bond donors (Lipinski definition) is 1. The van der Waals surface area contributed by atoms with E-state index < -0.39 is 0 Å². The first-order valence-electron chi connectivity index (χ1n) is 9.84. The lowest BCUT2D eigenvalue weighted by Gasteiger charge is -2.06. The van der Waals surface area contributed by atoms with Gasteiger partial charge in [-0.2, -0.15) is 0 Å². The molecule has 0 aliphatic carbocycles. The van der Waals surface area contributed by atoms with Gasteiger partial charge in [0.25, 0.3) is 0 Å². The zero-order valence-corrected chi connectivity index (χ0v) is 18.6. The van der Waals surface area contributed by atoms with Gasteiger partial charge in [-0.1, -0.05) is 35.9 Å². The number of ketones is 1. The molecule has 1 N–H and O–H groups in total. The van der Waals surface area contributed by atoms with E-state index in [-0.39, 0.29) is 30.7 Å². The van der Waals surface area contributed by atoms with Crippen LogP contribution in [0, 0.1) is 0 Å². The molecule has 0 heterocycles. The number of aryl methyl sites for hydroxylation is 1. The van der Waals surface area contributed by atoms with Crippen LogP contribution in [0.4, 0.5) is 0 Å². The van der Waals surface area contributed by atoms with Crippen molar-refractivity contribution in [2.45, 2.75) is 37.5 Å². The van der Waals surface area contributed by atoms with Crippen LogP contribution in [0.3, 0.4) is 0 Å². The molecule has 7 heteroatoms. The molecule has 0 bridgehead atoms. The Morgan fingerprint density at radius 2 is 1.70 bits per heavy atom. The molecular weight excluding hydrogens is 422 g/mol. The summed E-state index contributed by atoms with van der Waals surface area (Å²) in [7, 11) is 0. The van der Waals surface area contributed by atoms with E-state index in [2.05, 4.69) is 5.32 Å². The highest BCUT2D eigenvalue weighted by molar-refractivity contribution is 7.99. The Morgan fingerprint density at radius 1 is 1.00 bits per heavy atom. The molecule has 1 amide bonds. The quantitative estimate of drug-likeness (QED) is 0.221. The van der Waals surface area contributed by atoms with Crippen LogP contribution >= 0.6 is 23.4 Å². The zero-order valence-electron chi connectivity index (χ0n) is 17.0. The number of rotatable bonds is 12. The molecule has 0 aliphatic rings. The summed E-state index contributed by atoms with van der Waals surface area (Å²) in [5.74, 6) is 0.165. The summed E-state index contributed by atoms with van der Waals surface area (Å²) in [5.41, 5.74) is 1.61. The van der Waals surface area contributed by atoms with Crippen molar-refractivity contribution >= 4 is 41.0 Å². The molecule has 0 atom stereocenters. The monoisotopic (exact) mass is 447 g/mol. The number of hydrogen-bond acceptors (Lipinski definition) is 5. The van der Waals surface area contributed by atoms with Gasteiger partial charge in [-0.25, -0.2) is 0 Å². The third-order valence-corrected chi connectivity index (χ3v) is 5.61. The molecule has 160 valence electrons. The number of esters is 1. The van der Waals surface area contributed by atoms with E-state index in [4.69, 9.17) is 16.3 Å².